The third-order valence-corrected chi connectivity index (χ3v) is 3.06. The summed E-state index contributed by atoms with van der Waals surface area (Å²) >= 11 is 0. The fourth-order valence-corrected chi connectivity index (χ4v) is 1.90. The number of aromatic hydroxyl groups is 1. The van der Waals surface area contributed by atoms with E-state index in [0.29, 0.717) is 18.7 Å². The van der Waals surface area contributed by atoms with Gasteiger partial charge in [0.25, 0.3) is 5.91 Å². The lowest BCUT2D eigenvalue weighted by Gasteiger charge is -2.08. The summed E-state index contributed by atoms with van der Waals surface area (Å²) < 4.78 is 17.7. The van der Waals surface area contributed by atoms with Crippen molar-refractivity contribution < 1.29 is 19.0 Å². The second-order valence-electron chi connectivity index (χ2n) is 4.52. The van der Waals surface area contributed by atoms with Crippen molar-refractivity contribution >= 4 is 5.91 Å². The lowest BCUT2D eigenvalue weighted by atomic mass is 10.1. The van der Waals surface area contributed by atoms with E-state index in [1.807, 2.05) is 0 Å². The number of phenolic OH excluding ortho intramolecular Hbond substituents is 1. The molecule has 0 radical (unpaired) electrons. The van der Waals surface area contributed by atoms with E-state index in [0.717, 1.165) is 5.56 Å². The Labute approximate surface area is 122 Å². The van der Waals surface area contributed by atoms with Gasteiger partial charge in [-0.1, -0.05) is 12.1 Å². The van der Waals surface area contributed by atoms with E-state index in [1.165, 1.54) is 31.4 Å². The van der Waals surface area contributed by atoms with Crippen LogP contribution in [-0.2, 0) is 6.42 Å². The molecular weight excluding hydrogens is 273 g/mol. The van der Waals surface area contributed by atoms with E-state index in [4.69, 9.17) is 4.74 Å². The number of amides is 1. The molecule has 0 fully saturated rings. The van der Waals surface area contributed by atoms with Crippen LogP contribution >= 0.6 is 0 Å². The minimum absolute atomic E-state index is 0.131. The molecule has 0 aromatic heterocycles. The first kappa shape index (κ1) is 14.8. The van der Waals surface area contributed by atoms with E-state index >= 15 is 0 Å². The van der Waals surface area contributed by atoms with Crippen LogP contribution in [0, 0.1) is 5.82 Å². The Balaban J connectivity index is 1.91. The van der Waals surface area contributed by atoms with Crippen molar-refractivity contribution in [3.05, 3.63) is 59.4 Å². The van der Waals surface area contributed by atoms with Gasteiger partial charge in [-0.05, 0) is 36.2 Å². The molecule has 0 atom stereocenters. The van der Waals surface area contributed by atoms with E-state index in [1.54, 1.807) is 18.2 Å². The molecule has 0 heterocycles. The highest BCUT2D eigenvalue weighted by atomic mass is 19.1. The van der Waals surface area contributed by atoms with Gasteiger partial charge in [-0.3, -0.25) is 4.79 Å². The zero-order valence-corrected chi connectivity index (χ0v) is 11.6. The van der Waals surface area contributed by atoms with Crippen LogP contribution in [0.25, 0.3) is 0 Å². The molecule has 0 aliphatic carbocycles. The van der Waals surface area contributed by atoms with E-state index in [2.05, 4.69) is 5.32 Å². The van der Waals surface area contributed by atoms with Crippen molar-refractivity contribution in [1.82, 2.24) is 5.32 Å². The summed E-state index contributed by atoms with van der Waals surface area (Å²) in [6.07, 6.45) is 0.586. The average Bonchev–Trinajstić information content (AvgIpc) is 2.49. The van der Waals surface area contributed by atoms with Crippen molar-refractivity contribution in [2.24, 2.45) is 0 Å². The maximum atomic E-state index is 12.8. The molecule has 0 saturated carbocycles. The van der Waals surface area contributed by atoms with Crippen LogP contribution in [0.1, 0.15) is 15.9 Å². The van der Waals surface area contributed by atoms with E-state index in [9.17, 15) is 14.3 Å². The number of carbonyl (C=O) groups excluding carboxylic acids is 1. The van der Waals surface area contributed by atoms with E-state index in [-0.39, 0.29) is 23.0 Å². The van der Waals surface area contributed by atoms with Gasteiger partial charge < -0.3 is 15.2 Å². The second kappa shape index (κ2) is 6.74. The van der Waals surface area contributed by atoms with Crippen LogP contribution in [0.2, 0.25) is 0 Å². The number of hydrogen-bond donors (Lipinski definition) is 2. The van der Waals surface area contributed by atoms with Gasteiger partial charge in [-0.15, -0.1) is 0 Å². The minimum atomic E-state index is -0.364. The standard InChI is InChI=1S/C16H16FNO3/c1-21-13-6-7-14(15(19)10-13)16(20)18-9-8-11-2-4-12(17)5-3-11/h2-7,10,19H,8-9H2,1H3,(H,18,20). The smallest absolute Gasteiger partial charge is 0.255 e. The van der Waals surface area contributed by atoms with Gasteiger partial charge in [0, 0.05) is 12.6 Å². The quantitative estimate of drug-likeness (QED) is 0.889. The Morgan fingerprint density at radius 2 is 1.95 bits per heavy atom. The van der Waals surface area contributed by atoms with Crippen LogP contribution in [0.4, 0.5) is 4.39 Å². The topological polar surface area (TPSA) is 58.6 Å². The summed E-state index contributed by atoms with van der Waals surface area (Å²) in [7, 11) is 1.48. The maximum Gasteiger partial charge on any atom is 0.255 e. The molecule has 2 rings (SSSR count). The number of ether oxygens (including phenoxy) is 1. The van der Waals surface area contributed by atoms with Gasteiger partial charge in [0.15, 0.2) is 0 Å². The Morgan fingerprint density at radius 3 is 2.57 bits per heavy atom. The molecule has 5 heteroatoms. The van der Waals surface area contributed by atoms with Crippen LogP contribution in [0.15, 0.2) is 42.5 Å². The zero-order valence-electron chi connectivity index (χ0n) is 11.6. The maximum absolute atomic E-state index is 12.8. The lowest BCUT2D eigenvalue weighted by molar-refractivity contribution is 0.0951. The Bertz CT molecular complexity index is 626. The Hall–Kier alpha value is -2.56. The van der Waals surface area contributed by atoms with Crippen molar-refractivity contribution in [2.75, 3.05) is 13.7 Å². The minimum Gasteiger partial charge on any atom is -0.507 e. The third-order valence-electron chi connectivity index (χ3n) is 3.06. The fraction of sp³-hybridized carbons (Fsp3) is 0.188. The number of phenols is 1. The van der Waals surface area contributed by atoms with Gasteiger partial charge in [0.1, 0.15) is 17.3 Å². The van der Waals surface area contributed by atoms with Crippen LogP contribution in [0.5, 0.6) is 11.5 Å². The molecule has 1 amide bonds. The van der Waals surface area contributed by atoms with Crippen molar-refractivity contribution in [1.29, 1.82) is 0 Å². The summed E-state index contributed by atoms with van der Waals surface area (Å²) in [6.45, 7) is 0.399. The summed E-state index contributed by atoms with van der Waals surface area (Å²) in [5, 5.41) is 12.5. The molecule has 0 bridgehead atoms. The van der Waals surface area contributed by atoms with Crippen molar-refractivity contribution in [3.63, 3.8) is 0 Å². The number of methoxy groups -OCH3 is 1. The number of halogens is 1. The van der Waals surface area contributed by atoms with Gasteiger partial charge in [0.2, 0.25) is 0 Å². The van der Waals surface area contributed by atoms with Gasteiger partial charge in [0.05, 0.1) is 12.7 Å². The molecule has 110 valence electrons. The fourth-order valence-electron chi connectivity index (χ4n) is 1.90. The molecule has 0 spiro atoms. The first-order chi connectivity index (χ1) is 10.1. The predicted octanol–water partition coefficient (Wildman–Crippen LogP) is 2.51. The number of rotatable bonds is 5. The van der Waals surface area contributed by atoms with Crippen molar-refractivity contribution in [3.8, 4) is 11.5 Å². The SMILES string of the molecule is COc1ccc(C(=O)NCCc2ccc(F)cc2)c(O)c1. The zero-order chi connectivity index (χ0) is 15.2. The van der Waals surface area contributed by atoms with Crippen LogP contribution in [0.3, 0.4) is 0 Å². The Kier molecular flexibility index (Phi) is 4.77. The van der Waals surface area contributed by atoms with Gasteiger partial charge >= 0.3 is 0 Å². The third kappa shape index (κ3) is 3.95. The summed E-state index contributed by atoms with van der Waals surface area (Å²) in [4.78, 5) is 11.9. The molecule has 0 unspecified atom stereocenters. The number of carbonyl (C=O) groups is 1. The van der Waals surface area contributed by atoms with Crippen LogP contribution < -0.4 is 10.1 Å². The predicted molar refractivity (Wildman–Crippen MR) is 77.1 cm³/mol. The highest BCUT2D eigenvalue weighted by Gasteiger charge is 2.11. The monoisotopic (exact) mass is 289 g/mol. The molecule has 0 saturated heterocycles. The second-order valence-corrected chi connectivity index (χ2v) is 4.52. The first-order valence-corrected chi connectivity index (χ1v) is 6.50. The highest BCUT2D eigenvalue weighted by molar-refractivity contribution is 5.96. The summed E-state index contributed by atoms with van der Waals surface area (Å²) in [5.41, 5.74) is 1.12. The molecule has 2 N–H and O–H groups in total. The summed E-state index contributed by atoms with van der Waals surface area (Å²) in [6, 6.07) is 10.6. The summed E-state index contributed by atoms with van der Waals surface area (Å²) in [5.74, 6) is -0.299. The van der Waals surface area contributed by atoms with Gasteiger partial charge in [-0.2, -0.15) is 0 Å². The molecule has 0 aliphatic heterocycles. The first-order valence-electron chi connectivity index (χ1n) is 6.50. The Morgan fingerprint density at radius 1 is 1.24 bits per heavy atom. The molecular formula is C16H16FNO3. The number of benzene rings is 2. The number of hydrogen-bond acceptors (Lipinski definition) is 3. The normalized spacial score (nSPS) is 10.2. The molecule has 2 aromatic carbocycles. The van der Waals surface area contributed by atoms with Crippen molar-refractivity contribution in [2.45, 2.75) is 6.42 Å². The highest BCUT2D eigenvalue weighted by Crippen LogP contribution is 2.23. The molecule has 4 nitrogen and oxygen atoms in total. The van der Waals surface area contributed by atoms with E-state index < -0.39 is 0 Å². The largest absolute Gasteiger partial charge is 0.507 e. The molecule has 0 aliphatic rings. The van der Waals surface area contributed by atoms with Gasteiger partial charge in [-0.25, -0.2) is 4.39 Å². The molecule has 21 heavy (non-hydrogen) atoms. The molecule has 2 aromatic rings. The van der Waals surface area contributed by atoms with Crippen LogP contribution in [-0.4, -0.2) is 24.7 Å². The number of nitrogens with one attached hydrogen (secondary N) is 1. The average molecular weight is 289 g/mol. The lowest BCUT2D eigenvalue weighted by Crippen LogP contribution is -2.25.